The van der Waals surface area contributed by atoms with Gasteiger partial charge in [-0.15, -0.1) is 0 Å². The average molecular weight is 492 g/mol. The standard InChI is InChI=1S/C21H22BrN3O4S/c22-17-3-1-2-15(14-17)4-9-20(26)25-12-10-16(11-13-25)21(27)24-18-5-7-19(8-6-18)30(23,28)29/h1-9,14,16H,10-13H2,(H,24,27)(H2,23,28,29)/b9-4+. The summed E-state index contributed by atoms with van der Waals surface area (Å²) in [5.74, 6) is -0.427. The maximum absolute atomic E-state index is 12.5. The molecule has 1 fully saturated rings. The topological polar surface area (TPSA) is 110 Å². The Morgan fingerprint density at radius 3 is 2.37 bits per heavy atom. The van der Waals surface area contributed by atoms with E-state index < -0.39 is 10.0 Å². The summed E-state index contributed by atoms with van der Waals surface area (Å²) in [7, 11) is -3.77. The Hall–Kier alpha value is -2.49. The van der Waals surface area contributed by atoms with E-state index in [2.05, 4.69) is 21.2 Å². The highest BCUT2D eigenvalue weighted by Crippen LogP contribution is 2.21. The number of nitrogens with one attached hydrogen (secondary N) is 1. The molecule has 1 saturated heterocycles. The summed E-state index contributed by atoms with van der Waals surface area (Å²) >= 11 is 3.40. The Morgan fingerprint density at radius 1 is 1.10 bits per heavy atom. The van der Waals surface area contributed by atoms with Crippen LogP contribution in [0.3, 0.4) is 0 Å². The van der Waals surface area contributed by atoms with Crippen molar-refractivity contribution in [3.63, 3.8) is 0 Å². The Balaban J connectivity index is 1.51. The minimum atomic E-state index is -3.77. The summed E-state index contributed by atoms with van der Waals surface area (Å²) in [5.41, 5.74) is 1.43. The second-order valence-corrected chi connectivity index (χ2v) is 9.52. The highest BCUT2D eigenvalue weighted by Gasteiger charge is 2.26. The number of benzene rings is 2. The minimum absolute atomic E-state index is 0.0109. The van der Waals surface area contributed by atoms with Crippen molar-refractivity contribution in [1.29, 1.82) is 0 Å². The predicted molar refractivity (Wildman–Crippen MR) is 119 cm³/mol. The van der Waals surface area contributed by atoms with Crippen molar-refractivity contribution in [3.8, 4) is 0 Å². The molecule has 0 bridgehead atoms. The molecule has 3 rings (SSSR count). The van der Waals surface area contributed by atoms with E-state index in [0.717, 1.165) is 10.0 Å². The molecule has 1 aliphatic rings. The fourth-order valence-electron chi connectivity index (χ4n) is 3.22. The van der Waals surface area contributed by atoms with Gasteiger partial charge in [0.2, 0.25) is 21.8 Å². The van der Waals surface area contributed by atoms with E-state index in [9.17, 15) is 18.0 Å². The van der Waals surface area contributed by atoms with E-state index in [0.29, 0.717) is 31.6 Å². The lowest BCUT2D eigenvalue weighted by molar-refractivity contribution is -0.130. The van der Waals surface area contributed by atoms with E-state index in [-0.39, 0.29) is 22.6 Å². The van der Waals surface area contributed by atoms with E-state index in [1.165, 1.54) is 24.3 Å². The van der Waals surface area contributed by atoms with Crippen LogP contribution in [0.15, 0.2) is 64.0 Å². The van der Waals surface area contributed by atoms with Crippen LogP contribution in [0, 0.1) is 5.92 Å². The molecule has 2 aromatic carbocycles. The molecule has 0 saturated carbocycles. The number of nitrogens with two attached hydrogens (primary N) is 1. The zero-order valence-corrected chi connectivity index (χ0v) is 18.5. The van der Waals surface area contributed by atoms with Gasteiger partial charge in [-0.3, -0.25) is 9.59 Å². The molecule has 7 nitrogen and oxygen atoms in total. The van der Waals surface area contributed by atoms with Crippen molar-refractivity contribution in [2.75, 3.05) is 18.4 Å². The Bertz CT molecular complexity index is 1060. The van der Waals surface area contributed by atoms with Gasteiger partial charge in [0, 0.05) is 35.2 Å². The highest BCUT2D eigenvalue weighted by atomic mass is 79.9. The average Bonchev–Trinajstić information content (AvgIpc) is 2.72. The molecule has 0 unspecified atom stereocenters. The third kappa shape index (κ3) is 6.01. The zero-order valence-electron chi connectivity index (χ0n) is 16.1. The van der Waals surface area contributed by atoms with Gasteiger partial charge < -0.3 is 10.2 Å². The number of likely N-dealkylation sites (tertiary alicyclic amines) is 1. The fourth-order valence-corrected chi connectivity index (χ4v) is 4.15. The summed E-state index contributed by atoms with van der Waals surface area (Å²) in [6.45, 7) is 1.01. The highest BCUT2D eigenvalue weighted by molar-refractivity contribution is 9.10. The number of carbonyl (C=O) groups is 2. The quantitative estimate of drug-likeness (QED) is 0.626. The number of amides is 2. The van der Waals surface area contributed by atoms with Gasteiger partial charge >= 0.3 is 0 Å². The maximum Gasteiger partial charge on any atom is 0.246 e. The van der Waals surface area contributed by atoms with Crippen molar-refractivity contribution in [3.05, 3.63) is 64.6 Å². The van der Waals surface area contributed by atoms with Gasteiger partial charge in [0.1, 0.15) is 0 Å². The number of nitrogens with zero attached hydrogens (tertiary/aromatic N) is 1. The molecule has 0 radical (unpaired) electrons. The lowest BCUT2D eigenvalue weighted by Gasteiger charge is -2.30. The number of piperidine rings is 1. The van der Waals surface area contributed by atoms with Crippen LogP contribution >= 0.6 is 15.9 Å². The van der Waals surface area contributed by atoms with E-state index in [1.807, 2.05) is 24.3 Å². The summed E-state index contributed by atoms with van der Waals surface area (Å²) in [6, 6.07) is 13.4. The number of carbonyl (C=O) groups excluding carboxylic acids is 2. The first-order valence-electron chi connectivity index (χ1n) is 9.39. The first kappa shape index (κ1) is 22.2. The van der Waals surface area contributed by atoms with Crippen molar-refractivity contribution in [2.45, 2.75) is 17.7 Å². The van der Waals surface area contributed by atoms with Crippen molar-refractivity contribution in [1.82, 2.24) is 4.90 Å². The van der Waals surface area contributed by atoms with E-state index >= 15 is 0 Å². The predicted octanol–water partition coefficient (Wildman–Crippen LogP) is 2.99. The molecular formula is C21H22BrN3O4S. The second kappa shape index (κ2) is 9.55. The first-order valence-corrected chi connectivity index (χ1v) is 11.7. The molecular weight excluding hydrogens is 470 g/mol. The monoisotopic (exact) mass is 491 g/mol. The number of halogens is 1. The lowest BCUT2D eigenvalue weighted by Crippen LogP contribution is -2.40. The number of anilines is 1. The van der Waals surface area contributed by atoms with Crippen LogP contribution in [0.5, 0.6) is 0 Å². The molecule has 0 aromatic heterocycles. The van der Waals surface area contributed by atoms with Crippen LogP contribution in [0.2, 0.25) is 0 Å². The normalized spacial score (nSPS) is 15.3. The lowest BCUT2D eigenvalue weighted by atomic mass is 9.95. The van der Waals surface area contributed by atoms with Crippen LogP contribution in [0.25, 0.3) is 6.08 Å². The van der Waals surface area contributed by atoms with Crippen LogP contribution in [0.1, 0.15) is 18.4 Å². The van der Waals surface area contributed by atoms with E-state index in [4.69, 9.17) is 5.14 Å². The molecule has 0 aliphatic carbocycles. The van der Waals surface area contributed by atoms with Crippen LogP contribution in [-0.2, 0) is 19.6 Å². The van der Waals surface area contributed by atoms with Gasteiger partial charge in [0.15, 0.2) is 0 Å². The Morgan fingerprint density at radius 2 is 1.77 bits per heavy atom. The third-order valence-corrected chi connectivity index (χ3v) is 6.32. The molecule has 2 aromatic rings. The largest absolute Gasteiger partial charge is 0.339 e. The molecule has 2 amide bonds. The minimum Gasteiger partial charge on any atom is -0.339 e. The van der Waals surface area contributed by atoms with Gasteiger partial charge in [0.25, 0.3) is 0 Å². The number of hydrogen-bond donors (Lipinski definition) is 2. The van der Waals surface area contributed by atoms with E-state index in [1.54, 1.807) is 17.1 Å². The molecule has 30 heavy (non-hydrogen) atoms. The molecule has 3 N–H and O–H groups in total. The van der Waals surface area contributed by atoms with Gasteiger partial charge in [-0.2, -0.15) is 0 Å². The molecule has 0 spiro atoms. The van der Waals surface area contributed by atoms with Crippen molar-refractivity contribution >= 4 is 49.5 Å². The number of rotatable bonds is 5. The molecule has 0 atom stereocenters. The Labute approximate surface area is 184 Å². The third-order valence-electron chi connectivity index (χ3n) is 4.89. The molecule has 1 heterocycles. The fraction of sp³-hybridized carbons (Fsp3) is 0.238. The SMILES string of the molecule is NS(=O)(=O)c1ccc(NC(=O)C2CCN(C(=O)/C=C/c3cccc(Br)c3)CC2)cc1. The number of hydrogen-bond acceptors (Lipinski definition) is 4. The van der Waals surface area contributed by atoms with Crippen LogP contribution in [-0.4, -0.2) is 38.2 Å². The summed E-state index contributed by atoms with van der Waals surface area (Å²) in [5, 5.41) is 7.86. The first-order chi connectivity index (χ1) is 14.2. The smallest absolute Gasteiger partial charge is 0.246 e. The number of primary sulfonamides is 1. The zero-order chi connectivity index (χ0) is 21.7. The van der Waals surface area contributed by atoms with Gasteiger partial charge in [-0.05, 0) is 60.9 Å². The van der Waals surface area contributed by atoms with Crippen molar-refractivity contribution < 1.29 is 18.0 Å². The molecule has 1 aliphatic heterocycles. The van der Waals surface area contributed by atoms with Gasteiger partial charge in [-0.25, -0.2) is 13.6 Å². The Kier molecular flexibility index (Phi) is 7.06. The summed E-state index contributed by atoms with van der Waals surface area (Å²) in [4.78, 5) is 26.6. The van der Waals surface area contributed by atoms with Gasteiger partial charge in [0.05, 0.1) is 4.90 Å². The maximum atomic E-state index is 12.5. The second-order valence-electron chi connectivity index (χ2n) is 7.05. The summed E-state index contributed by atoms with van der Waals surface area (Å²) in [6.07, 6.45) is 4.46. The van der Waals surface area contributed by atoms with Crippen LogP contribution < -0.4 is 10.5 Å². The molecule has 9 heteroatoms. The number of sulfonamides is 1. The summed E-state index contributed by atoms with van der Waals surface area (Å²) < 4.78 is 23.5. The van der Waals surface area contributed by atoms with Crippen LogP contribution in [0.4, 0.5) is 5.69 Å². The van der Waals surface area contributed by atoms with Crippen molar-refractivity contribution in [2.24, 2.45) is 11.1 Å². The van der Waals surface area contributed by atoms with Gasteiger partial charge in [-0.1, -0.05) is 28.1 Å². The molecule has 158 valence electrons.